The van der Waals surface area contributed by atoms with Crippen LogP contribution in [0.1, 0.15) is 52.7 Å². The summed E-state index contributed by atoms with van der Waals surface area (Å²) in [6.45, 7) is 5.64. The first-order valence-corrected chi connectivity index (χ1v) is 8.64. The Morgan fingerprint density at radius 3 is 2.59 bits per heavy atom. The molecule has 27 heavy (non-hydrogen) atoms. The molecule has 3 rings (SSSR count). The highest BCUT2D eigenvalue weighted by Gasteiger charge is 2.30. The van der Waals surface area contributed by atoms with Gasteiger partial charge in [0.05, 0.1) is 11.3 Å². The fourth-order valence-electron chi connectivity index (χ4n) is 2.88. The van der Waals surface area contributed by atoms with Crippen molar-refractivity contribution in [2.75, 3.05) is 6.54 Å². The Morgan fingerprint density at radius 1 is 1.22 bits per heavy atom. The Bertz CT molecular complexity index is 920. The summed E-state index contributed by atoms with van der Waals surface area (Å²) in [5, 5.41) is 2.66. The van der Waals surface area contributed by atoms with Crippen LogP contribution in [-0.4, -0.2) is 39.8 Å². The number of amides is 1. The molecule has 7 nitrogen and oxygen atoms in total. The summed E-state index contributed by atoms with van der Waals surface area (Å²) in [7, 11) is 0. The zero-order valence-electron chi connectivity index (χ0n) is 15.5. The van der Waals surface area contributed by atoms with Crippen LogP contribution in [0, 0.1) is 0 Å². The second kappa shape index (κ2) is 7.19. The number of ether oxygens (including phenoxy) is 1. The summed E-state index contributed by atoms with van der Waals surface area (Å²) in [5.41, 5.74) is 1.73. The molecule has 7 heteroatoms. The number of nitrogens with zero attached hydrogens (tertiary/aromatic N) is 1. The van der Waals surface area contributed by atoms with E-state index in [4.69, 9.17) is 4.74 Å². The van der Waals surface area contributed by atoms with Gasteiger partial charge in [0.25, 0.3) is 0 Å². The molecule has 0 aromatic carbocycles. The van der Waals surface area contributed by atoms with E-state index >= 15 is 0 Å². The average molecular weight is 367 g/mol. The number of carbonyl (C=O) groups excluding carboxylic acids is 3. The average Bonchev–Trinajstić information content (AvgIpc) is 3.02. The molecule has 0 unspecified atom stereocenters. The number of allylic oxidation sites excluding steroid dienone is 2. The third-order valence-corrected chi connectivity index (χ3v) is 4.01. The molecular weight excluding hydrogens is 346 g/mol. The van der Waals surface area contributed by atoms with Crippen molar-refractivity contribution in [3.63, 3.8) is 0 Å². The monoisotopic (exact) mass is 367 g/mol. The van der Waals surface area contributed by atoms with Crippen molar-refractivity contribution in [1.29, 1.82) is 0 Å². The minimum absolute atomic E-state index is 0.218. The molecule has 140 valence electrons. The van der Waals surface area contributed by atoms with Gasteiger partial charge in [0.2, 0.25) is 5.78 Å². The quantitative estimate of drug-likeness (QED) is 0.865. The smallest absolute Gasteiger partial charge is 0.407 e. The molecule has 0 fully saturated rings. The number of fused-ring (bicyclic) bond motifs is 1. The molecular formula is C20H21N3O4. The Labute approximate surface area is 156 Å². The molecule has 0 atom stereocenters. The fraction of sp³-hybridized carbons (Fsp3) is 0.300. The van der Waals surface area contributed by atoms with Gasteiger partial charge in [0.1, 0.15) is 5.60 Å². The van der Waals surface area contributed by atoms with E-state index in [9.17, 15) is 14.4 Å². The van der Waals surface area contributed by atoms with Crippen molar-refractivity contribution < 1.29 is 19.1 Å². The fourth-order valence-corrected chi connectivity index (χ4v) is 2.88. The normalized spacial score (nSPS) is 13.8. The van der Waals surface area contributed by atoms with E-state index in [2.05, 4.69) is 15.3 Å². The number of ketones is 2. The lowest BCUT2D eigenvalue weighted by Gasteiger charge is -2.19. The predicted octanol–water partition coefficient (Wildman–Crippen LogP) is 2.94. The van der Waals surface area contributed by atoms with Crippen LogP contribution in [0.2, 0.25) is 0 Å². The molecule has 0 saturated heterocycles. The van der Waals surface area contributed by atoms with Crippen molar-refractivity contribution in [1.82, 2.24) is 15.3 Å². The van der Waals surface area contributed by atoms with Crippen LogP contribution in [0.3, 0.4) is 0 Å². The van der Waals surface area contributed by atoms with E-state index in [1.54, 1.807) is 51.5 Å². The van der Waals surface area contributed by atoms with Crippen molar-refractivity contribution in [3.05, 3.63) is 59.2 Å². The Morgan fingerprint density at radius 2 is 1.93 bits per heavy atom. The Kier molecular flexibility index (Phi) is 4.94. The second-order valence-corrected chi connectivity index (χ2v) is 7.23. The number of rotatable bonds is 4. The van der Waals surface area contributed by atoms with Crippen LogP contribution in [0.5, 0.6) is 0 Å². The summed E-state index contributed by atoms with van der Waals surface area (Å²) in [6, 6.07) is 3.39. The maximum atomic E-state index is 13.0. The predicted molar refractivity (Wildman–Crippen MR) is 99.6 cm³/mol. The van der Waals surface area contributed by atoms with Crippen LogP contribution in [-0.2, 0) is 11.2 Å². The Balaban J connectivity index is 1.75. The third-order valence-electron chi connectivity index (χ3n) is 4.01. The van der Waals surface area contributed by atoms with Crippen LogP contribution in [0.4, 0.5) is 4.79 Å². The van der Waals surface area contributed by atoms with Gasteiger partial charge in [0, 0.05) is 30.7 Å². The standard InChI is InChI=1S/C20H21N3O4/c1-20(2,3)27-19(26)22-9-6-13-11-23-17-15(24)10-14(18(25)16(13)17)12-4-7-21-8-5-12/h4-5,7-8,10-11,23H,6,9H2,1-3H3,(H,22,26). The minimum atomic E-state index is -0.579. The molecule has 0 bridgehead atoms. The summed E-state index contributed by atoms with van der Waals surface area (Å²) in [4.78, 5) is 43.9. The van der Waals surface area contributed by atoms with Crippen LogP contribution >= 0.6 is 0 Å². The molecule has 0 aliphatic heterocycles. The molecule has 2 aromatic heterocycles. The number of hydrogen-bond donors (Lipinski definition) is 2. The summed E-state index contributed by atoms with van der Waals surface area (Å²) in [6.07, 6.45) is 6.01. The highest BCUT2D eigenvalue weighted by atomic mass is 16.6. The number of aromatic amines is 1. The number of pyridine rings is 1. The number of aromatic nitrogens is 2. The molecule has 0 saturated carbocycles. The molecule has 0 spiro atoms. The third kappa shape index (κ3) is 4.13. The van der Waals surface area contributed by atoms with Crippen LogP contribution in [0.25, 0.3) is 5.57 Å². The van der Waals surface area contributed by atoms with E-state index < -0.39 is 11.7 Å². The molecule has 0 radical (unpaired) electrons. The largest absolute Gasteiger partial charge is 0.444 e. The van der Waals surface area contributed by atoms with Crippen molar-refractivity contribution in [2.24, 2.45) is 0 Å². The summed E-state index contributed by atoms with van der Waals surface area (Å²) >= 11 is 0. The first-order valence-electron chi connectivity index (χ1n) is 8.64. The maximum absolute atomic E-state index is 13.0. The van der Waals surface area contributed by atoms with E-state index in [0.717, 1.165) is 0 Å². The molecule has 2 aromatic rings. The van der Waals surface area contributed by atoms with E-state index in [1.807, 2.05) is 0 Å². The SMILES string of the molecule is CC(C)(C)OC(=O)NCCc1c[nH]c2c1C(=O)C(c1ccncc1)=CC2=O. The van der Waals surface area contributed by atoms with E-state index in [-0.39, 0.29) is 23.8 Å². The maximum Gasteiger partial charge on any atom is 0.407 e. The van der Waals surface area contributed by atoms with Crippen molar-refractivity contribution in [2.45, 2.75) is 32.8 Å². The van der Waals surface area contributed by atoms with Crippen LogP contribution < -0.4 is 5.32 Å². The first-order chi connectivity index (χ1) is 12.8. The molecule has 1 aliphatic rings. The number of nitrogens with one attached hydrogen (secondary N) is 2. The lowest BCUT2D eigenvalue weighted by molar-refractivity contribution is 0.0528. The molecule has 1 amide bonds. The van der Waals surface area contributed by atoms with E-state index in [1.165, 1.54) is 6.08 Å². The number of hydrogen-bond acceptors (Lipinski definition) is 5. The first kappa shape index (κ1) is 18.6. The molecule has 2 heterocycles. The zero-order chi connectivity index (χ0) is 19.6. The number of carbonyl (C=O) groups is 3. The van der Waals surface area contributed by atoms with Crippen molar-refractivity contribution in [3.8, 4) is 0 Å². The van der Waals surface area contributed by atoms with Gasteiger partial charge >= 0.3 is 6.09 Å². The zero-order valence-corrected chi connectivity index (χ0v) is 15.5. The number of H-pyrrole nitrogens is 1. The number of alkyl carbamates (subject to hydrolysis) is 1. The van der Waals surface area contributed by atoms with Gasteiger partial charge in [-0.2, -0.15) is 0 Å². The topological polar surface area (TPSA) is 101 Å². The van der Waals surface area contributed by atoms with Gasteiger partial charge in [0.15, 0.2) is 5.78 Å². The van der Waals surface area contributed by atoms with Gasteiger partial charge in [-0.3, -0.25) is 14.6 Å². The molecule has 2 N–H and O–H groups in total. The van der Waals surface area contributed by atoms with Gasteiger partial charge < -0.3 is 15.0 Å². The van der Waals surface area contributed by atoms with Gasteiger partial charge in [-0.05, 0) is 56.5 Å². The highest BCUT2D eigenvalue weighted by molar-refractivity contribution is 6.38. The number of Topliss-reactive ketones (excluding diaryl/α,β-unsaturated/α-hetero) is 1. The molecule has 1 aliphatic carbocycles. The van der Waals surface area contributed by atoms with Gasteiger partial charge in [-0.1, -0.05) is 0 Å². The summed E-state index contributed by atoms with van der Waals surface area (Å²) in [5.74, 6) is -0.466. The van der Waals surface area contributed by atoms with E-state index in [0.29, 0.717) is 28.7 Å². The van der Waals surface area contributed by atoms with Crippen LogP contribution in [0.15, 0.2) is 36.8 Å². The van der Waals surface area contributed by atoms with Crippen molar-refractivity contribution >= 4 is 23.2 Å². The lowest BCUT2D eigenvalue weighted by Crippen LogP contribution is -2.33. The summed E-state index contributed by atoms with van der Waals surface area (Å²) < 4.78 is 5.19. The highest BCUT2D eigenvalue weighted by Crippen LogP contribution is 2.29. The van der Waals surface area contributed by atoms with Gasteiger partial charge in [-0.15, -0.1) is 0 Å². The second-order valence-electron chi connectivity index (χ2n) is 7.23. The van der Waals surface area contributed by atoms with Gasteiger partial charge in [-0.25, -0.2) is 4.79 Å². The minimum Gasteiger partial charge on any atom is -0.444 e. The lowest BCUT2D eigenvalue weighted by atomic mass is 9.88. The Hall–Kier alpha value is -3.22.